The fourth-order valence-electron chi connectivity index (χ4n) is 2.99. The number of hydrogen-bond donors (Lipinski definition) is 1. The molecule has 1 atom stereocenters. The highest BCUT2D eigenvalue weighted by Crippen LogP contribution is 2.18. The quantitative estimate of drug-likeness (QED) is 0.871. The zero-order chi connectivity index (χ0) is 15.2. The Morgan fingerprint density at radius 1 is 1.32 bits per heavy atom. The van der Waals surface area contributed by atoms with Gasteiger partial charge in [0.25, 0.3) is 0 Å². The Morgan fingerprint density at radius 3 is 2.59 bits per heavy atom. The van der Waals surface area contributed by atoms with Gasteiger partial charge in [-0.3, -0.25) is 4.79 Å². The molecule has 124 valence electrons. The second-order valence-corrected chi connectivity index (χ2v) is 6.45. The topological polar surface area (TPSA) is 32.3 Å². The molecule has 0 spiro atoms. The van der Waals surface area contributed by atoms with Crippen molar-refractivity contribution in [2.24, 2.45) is 5.92 Å². The molecule has 1 aromatic rings. The predicted octanol–water partition coefficient (Wildman–Crippen LogP) is 3.23. The van der Waals surface area contributed by atoms with Gasteiger partial charge in [0.1, 0.15) is 0 Å². The molecule has 1 fully saturated rings. The van der Waals surface area contributed by atoms with Gasteiger partial charge in [-0.2, -0.15) is 0 Å². The summed E-state index contributed by atoms with van der Waals surface area (Å²) in [5.41, 5.74) is 2.62. The van der Waals surface area contributed by atoms with Crippen LogP contribution in [0.3, 0.4) is 0 Å². The standard InChI is InChI=1S/C18H28N2O.ClH/c1-14(2)17-7-4-15(5-8-17)6-9-18(21)20-11-10-16(13-20)12-19-3;/h4-5,7-8,14,16,19H,6,9-13H2,1-3H3;1H. The van der Waals surface area contributed by atoms with E-state index in [1.165, 1.54) is 11.1 Å². The van der Waals surface area contributed by atoms with Crippen molar-refractivity contribution in [1.29, 1.82) is 0 Å². The molecule has 4 heteroatoms. The first-order valence-corrected chi connectivity index (χ1v) is 8.11. The van der Waals surface area contributed by atoms with Crippen molar-refractivity contribution in [1.82, 2.24) is 10.2 Å². The van der Waals surface area contributed by atoms with Crippen molar-refractivity contribution in [3.05, 3.63) is 35.4 Å². The number of nitrogens with one attached hydrogen (secondary N) is 1. The van der Waals surface area contributed by atoms with E-state index in [4.69, 9.17) is 0 Å². The minimum Gasteiger partial charge on any atom is -0.342 e. The maximum Gasteiger partial charge on any atom is 0.222 e. The van der Waals surface area contributed by atoms with Crippen LogP contribution in [0, 0.1) is 5.92 Å². The number of benzene rings is 1. The van der Waals surface area contributed by atoms with E-state index < -0.39 is 0 Å². The van der Waals surface area contributed by atoms with E-state index in [0.717, 1.165) is 32.5 Å². The van der Waals surface area contributed by atoms with Gasteiger partial charge in [0.05, 0.1) is 0 Å². The number of amides is 1. The van der Waals surface area contributed by atoms with Crippen LogP contribution in [-0.2, 0) is 11.2 Å². The third kappa shape index (κ3) is 5.29. The fraction of sp³-hybridized carbons (Fsp3) is 0.611. The molecular formula is C18H29ClN2O. The molecular weight excluding hydrogens is 296 g/mol. The summed E-state index contributed by atoms with van der Waals surface area (Å²) in [6.07, 6.45) is 2.62. The normalized spacial score (nSPS) is 17.6. The van der Waals surface area contributed by atoms with Gasteiger partial charge in [-0.25, -0.2) is 0 Å². The molecule has 3 nitrogen and oxygen atoms in total. The Labute approximate surface area is 140 Å². The van der Waals surface area contributed by atoms with Crippen LogP contribution in [0.4, 0.5) is 0 Å². The fourth-order valence-corrected chi connectivity index (χ4v) is 2.99. The zero-order valence-electron chi connectivity index (χ0n) is 14.0. The lowest BCUT2D eigenvalue weighted by molar-refractivity contribution is -0.130. The highest BCUT2D eigenvalue weighted by molar-refractivity contribution is 5.85. The minimum atomic E-state index is 0. The highest BCUT2D eigenvalue weighted by atomic mass is 35.5. The van der Waals surface area contributed by atoms with Crippen LogP contribution in [0.15, 0.2) is 24.3 Å². The molecule has 1 N–H and O–H groups in total. The molecule has 1 saturated heterocycles. The third-order valence-electron chi connectivity index (χ3n) is 4.41. The van der Waals surface area contributed by atoms with E-state index in [2.05, 4.69) is 43.4 Å². The molecule has 1 unspecified atom stereocenters. The summed E-state index contributed by atoms with van der Waals surface area (Å²) >= 11 is 0. The van der Waals surface area contributed by atoms with E-state index in [0.29, 0.717) is 24.2 Å². The monoisotopic (exact) mass is 324 g/mol. The number of carbonyl (C=O) groups excluding carboxylic acids is 1. The average molecular weight is 325 g/mol. The van der Waals surface area contributed by atoms with Crippen LogP contribution in [0.1, 0.15) is 43.7 Å². The molecule has 1 aliphatic rings. The second-order valence-electron chi connectivity index (χ2n) is 6.45. The second kappa shape index (κ2) is 9.16. The zero-order valence-corrected chi connectivity index (χ0v) is 14.8. The van der Waals surface area contributed by atoms with Crippen molar-refractivity contribution in [2.75, 3.05) is 26.7 Å². The van der Waals surface area contributed by atoms with Crippen molar-refractivity contribution in [2.45, 2.75) is 39.0 Å². The summed E-state index contributed by atoms with van der Waals surface area (Å²) in [5.74, 6) is 1.50. The highest BCUT2D eigenvalue weighted by Gasteiger charge is 2.25. The number of likely N-dealkylation sites (tertiary alicyclic amines) is 1. The van der Waals surface area contributed by atoms with Crippen LogP contribution < -0.4 is 5.32 Å². The molecule has 1 aliphatic heterocycles. The van der Waals surface area contributed by atoms with Crippen molar-refractivity contribution < 1.29 is 4.79 Å². The molecule has 0 radical (unpaired) electrons. The van der Waals surface area contributed by atoms with Crippen LogP contribution in [0.5, 0.6) is 0 Å². The summed E-state index contributed by atoms with van der Waals surface area (Å²) < 4.78 is 0. The van der Waals surface area contributed by atoms with Gasteiger partial charge in [0, 0.05) is 19.5 Å². The number of nitrogens with zero attached hydrogens (tertiary/aromatic N) is 1. The summed E-state index contributed by atoms with van der Waals surface area (Å²) in [5, 5.41) is 3.20. The van der Waals surface area contributed by atoms with Gasteiger partial charge in [-0.1, -0.05) is 38.1 Å². The van der Waals surface area contributed by atoms with Crippen molar-refractivity contribution >= 4 is 18.3 Å². The molecule has 1 amide bonds. The molecule has 0 aromatic heterocycles. The summed E-state index contributed by atoms with van der Waals surface area (Å²) in [7, 11) is 1.98. The largest absolute Gasteiger partial charge is 0.342 e. The summed E-state index contributed by atoms with van der Waals surface area (Å²) in [4.78, 5) is 14.3. The summed E-state index contributed by atoms with van der Waals surface area (Å²) in [6, 6.07) is 8.69. The first-order chi connectivity index (χ1) is 10.1. The van der Waals surface area contributed by atoms with Gasteiger partial charge in [0.15, 0.2) is 0 Å². The number of halogens is 1. The molecule has 1 heterocycles. The van der Waals surface area contributed by atoms with E-state index in [9.17, 15) is 4.79 Å². The average Bonchev–Trinajstić information content (AvgIpc) is 2.94. The molecule has 22 heavy (non-hydrogen) atoms. The third-order valence-corrected chi connectivity index (χ3v) is 4.41. The van der Waals surface area contributed by atoms with E-state index >= 15 is 0 Å². The molecule has 0 bridgehead atoms. The van der Waals surface area contributed by atoms with Crippen LogP contribution in [0.2, 0.25) is 0 Å². The Hall–Kier alpha value is -1.06. The van der Waals surface area contributed by atoms with Crippen LogP contribution in [-0.4, -0.2) is 37.5 Å². The minimum absolute atomic E-state index is 0. The Bertz CT molecular complexity index is 459. The lowest BCUT2D eigenvalue weighted by Crippen LogP contribution is -2.30. The van der Waals surface area contributed by atoms with Gasteiger partial charge >= 0.3 is 0 Å². The first-order valence-electron chi connectivity index (χ1n) is 8.11. The van der Waals surface area contributed by atoms with Gasteiger partial charge < -0.3 is 10.2 Å². The number of rotatable bonds is 6. The van der Waals surface area contributed by atoms with E-state index in [-0.39, 0.29) is 12.4 Å². The molecule has 0 saturated carbocycles. The lowest BCUT2D eigenvalue weighted by atomic mass is 10.0. The molecule has 2 rings (SSSR count). The molecule has 1 aromatic carbocycles. The van der Waals surface area contributed by atoms with Crippen molar-refractivity contribution in [3.8, 4) is 0 Å². The van der Waals surface area contributed by atoms with Gasteiger partial charge in [-0.15, -0.1) is 12.4 Å². The number of aryl methyl sites for hydroxylation is 1. The maximum absolute atomic E-state index is 12.2. The molecule has 0 aliphatic carbocycles. The van der Waals surface area contributed by atoms with Gasteiger partial charge in [-0.05, 0) is 49.4 Å². The summed E-state index contributed by atoms with van der Waals surface area (Å²) in [6.45, 7) is 7.27. The number of hydrogen-bond acceptors (Lipinski definition) is 2. The van der Waals surface area contributed by atoms with Crippen molar-refractivity contribution in [3.63, 3.8) is 0 Å². The van der Waals surface area contributed by atoms with E-state index in [1.54, 1.807) is 0 Å². The van der Waals surface area contributed by atoms with Crippen LogP contribution >= 0.6 is 12.4 Å². The Morgan fingerprint density at radius 2 is 2.00 bits per heavy atom. The van der Waals surface area contributed by atoms with Crippen LogP contribution in [0.25, 0.3) is 0 Å². The maximum atomic E-state index is 12.2. The lowest BCUT2D eigenvalue weighted by Gasteiger charge is -2.16. The van der Waals surface area contributed by atoms with E-state index in [1.807, 2.05) is 11.9 Å². The predicted molar refractivity (Wildman–Crippen MR) is 94.7 cm³/mol. The Balaban J connectivity index is 0.00000242. The first kappa shape index (κ1) is 19.0. The SMILES string of the molecule is CNCC1CCN(C(=O)CCc2ccc(C(C)C)cc2)C1.Cl. The smallest absolute Gasteiger partial charge is 0.222 e. The number of carbonyl (C=O) groups is 1. The Kier molecular flexibility index (Phi) is 7.91. The van der Waals surface area contributed by atoms with Gasteiger partial charge in [0.2, 0.25) is 5.91 Å².